The van der Waals surface area contributed by atoms with E-state index in [0.29, 0.717) is 38.6 Å². The Kier molecular flexibility index (Phi) is 8.75. The molecule has 1 heterocycles. The fourth-order valence-corrected chi connectivity index (χ4v) is 8.82. The molecule has 1 aromatic heterocycles. The lowest BCUT2D eigenvalue weighted by Crippen LogP contribution is -2.12. The monoisotopic (exact) mass is 798 g/mol. The zero-order chi connectivity index (χ0) is 41.2. The van der Waals surface area contributed by atoms with Crippen LogP contribution in [0.5, 0.6) is 0 Å². The Balaban J connectivity index is 1.31. The third-order valence-electron chi connectivity index (χ3n) is 11.2. The van der Waals surface area contributed by atoms with Gasteiger partial charge in [-0.05, 0) is 99.6 Å². The van der Waals surface area contributed by atoms with Crippen molar-refractivity contribution in [2.45, 2.75) is 12.4 Å². The summed E-state index contributed by atoms with van der Waals surface area (Å²) < 4.78 is 92.0. The topological polar surface area (TPSA) is 8.17 Å². The van der Waals surface area contributed by atoms with E-state index in [0.717, 1.165) is 39.6 Å². The molecule has 0 aliphatic rings. The van der Waals surface area contributed by atoms with E-state index in [-0.39, 0.29) is 22.3 Å². The van der Waals surface area contributed by atoms with Gasteiger partial charge < -0.3 is 9.47 Å². The fourth-order valence-electron chi connectivity index (χ4n) is 8.82. The summed E-state index contributed by atoms with van der Waals surface area (Å²) in [5.41, 5.74) is 3.56. The van der Waals surface area contributed by atoms with Crippen molar-refractivity contribution in [2.75, 3.05) is 4.90 Å². The molecule has 9 aromatic carbocycles. The van der Waals surface area contributed by atoms with Crippen molar-refractivity contribution in [3.63, 3.8) is 0 Å². The van der Waals surface area contributed by atoms with E-state index >= 15 is 13.2 Å². The summed E-state index contributed by atoms with van der Waals surface area (Å²) in [7, 11) is 0. The maximum atomic E-state index is 15.1. The molecule has 60 heavy (non-hydrogen) atoms. The largest absolute Gasteiger partial charge is 0.417 e. The summed E-state index contributed by atoms with van der Waals surface area (Å²) >= 11 is 0. The molecule has 0 radical (unpaired) electrons. The van der Waals surface area contributed by atoms with Crippen molar-refractivity contribution in [2.24, 2.45) is 0 Å². The first-order valence-electron chi connectivity index (χ1n) is 19.3. The molecule has 0 aliphatic carbocycles. The minimum Gasteiger partial charge on any atom is -0.310 e. The quantitative estimate of drug-likeness (QED) is 0.120. The lowest BCUT2D eigenvalue weighted by Gasteiger charge is -2.30. The Morgan fingerprint density at radius 2 is 0.783 bits per heavy atom. The van der Waals surface area contributed by atoms with Crippen LogP contribution in [-0.4, -0.2) is 4.57 Å². The SMILES string of the molecule is FC(F)(F)c1ccccc1-c1c2ccccc2c(-c2ccccc2C(F)(F)F)c2c(N(c3ccccc3)c3ccc(-n4c5ccccc5c5ccccc54)cc3)cccc12. The van der Waals surface area contributed by atoms with Crippen LogP contribution in [0.2, 0.25) is 0 Å². The average Bonchev–Trinajstić information content (AvgIpc) is 3.60. The van der Waals surface area contributed by atoms with E-state index in [9.17, 15) is 13.2 Å². The van der Waals surface area contributed by atoms with Gasteiger partial charge in [0.25, 0.3) is 0 Å². The standard InChI is InChI=1S/C52H32F6N2/c53-51(54,55)43-24-10-6-21-40(43)48-38-19-4-5-20-39(38)49(41-22-7-11-25-44(41)52(56,57)58)50-42(48)23-14-28-47(50)59(33-15-2-1-3-16-33)34-29-31-35(32-30-34)60-45-26-12-8-17-36(45)37-18-9-13-27-46(37)60/h1-32H. The molecule has 0 N–H and O–H groups in total. The average molecular weight is 799 g/mol. The van der Waals surface area contributed by atoms with Gasteiger partial charge in [0, 0.05) is 38.8 Å². The molecule has 0 fully saturated rings. The number of alkyl halides is 6. The van der Waals surface area contributed by atoms with Gasteiger partial charge in [0.1, 0.15) is 0 Å². The molecule has 0 saturated carbocycles. The van der Waals surface area contributed by atoms with Gasteiger partial charge >= 0.3 is 12.4 Å². The van der Waals surface area contributed by atoms with Crippen molar-refractivity contribution in [3.8, 4) is 27.9 Å². The Morgan fingerprint density at radius 3 is 1.35 bits per heavy atom. The van der Waals surface area contributed by atoms with Crippen LogP contribution < -0.4 is 4.90 Å². The second-order valence-electron chi connectivity index (χ2n) is 14.6. The molecule has 2 nitrogen and oxygen atoms in total. The van der Waals surface area contributed by atoms with Gasteiger partial charge in [-0.3, -0.25) is 0 Å². The number of halogens is 6. The molecule has 0 saturated heterocycles. The lowest BCUT2D eigenvalue weighted by atomic mass is 9.82. The minimum absolute atomic E-state index is 0.0687. The highest BCUT2D eigenvalue weighted by Crippen LogP contribution is 2.53. The molecular weight excluding hydrogens is 767 g/mol. The van der Waals surface area contributed by atoms with Crippen LogP contribution in [0.4, 0.5) is 43.4 Å². The number of nitrogens with zero attached hydrogens (tertiary/aromatic N) is 2. The van der Waals surface area contributed by atoms with Crippen LogP contribution in [0.25, 0.3) is 71.3 Å². The summed E-state index contributed by atoms with van der Waals surface area (Å²) in [5.74, 6) is 0. The molecule has 0 spiro atoms. The molecule has 0 bridgehead atoms. The summed E-state index contributed by atoms with van der Waals surface area (Å²) in [4.78, 5) is 1.96. The highest BCUT2D eigenvalue weighted by atomic mass is 19.4. The number of anilines is 3. The number of para-hydroxylation sites is 3. The van der Waals surface area contributed by atoms with Crippen LogP contribution in [-0.2, 0) is 12.4 Å². The Hall–Kier alpha value is -7.32. The van der Waals surface area contributed by atoms with Gasteiger partial charge in [0.2, 0.25) is 0 Å². The first-order valence-corrected chi connectivity index (χ1v) is 19.3. The number of rotatable bonds is 6. The smallest absolute Gasteiger partial charge is 0.310 e. The van der Waals surface area contributed by atoms with Crippen LogP contribution in [0.1, 0.15) is 11.1 Å². The number of fused-ring (bicyclic) bond motifs is 5. The van der Waals surface area contributed by atoms with Crippen molar-refractivity contribution < 1.29 is 26.3 Å². The first kappa shape index (κ1) is 37.0. The third-order valence-corrected chi connectivity index (χ3v) is 11.2. The second kappa shape index (κ2) is 14.2. The number of benzene rings is 9. The van der Waals surface area contributed by atoms with E-state index in [1.54, 1.807) is 48.5 Å². The van der Waals surface area contributed by atoms with Crippen LogP contribution >= 0.6 is 0 Å². The van der Waals surface area contributed by atoms with Crippen molar-refractivity contribution in [1.29, 1.82) is 0 Å². The highest BCUT2D eigenvalue weighted by molar-refractivity contribution is 6.25. The second-order valence-corrected chi connectivity index (χ2v) is 14.6. The molecule has 0 amide bonds. The van der Waals surface area contributed by atoms with Crippen molar-refractivity contribution >= 4 is 60.4 Å². The summed E-state index contributed by atoms with van der Waals surface area (Å²) in [6, 6.07) is 56.6. The van der Waals surface area contributed by atoms with Gasteiger partial charge in [-0.1, -0.05) is 127 Å². The van der Waals surface area contributed by atoms with E-state index in [1.807, 2.05) is 89.8 Å². The zero-order valence-electron chi connectivity index (χ0n) is 31.6. The molecule has 10 rings (SSSR count). The summed E-state index contributed by atoms with van der Waals surface area (Å²) in [5, 5.41) is 3.75. The fraction of sp³-hybridized carbons (Fsp3) is 0.0385. The molecule has 10 aromatic rings. The van der Waals surface area contributed by atoms with E-state index in [2.05, 4.69) is 28.8 Å². The van der Waals surface area contributed by atoms with Gasteiger partial charge in [-0.15, -0.1) is 0 Å². The van der Waals surface area contributed by atoms with Crippen molar-refractivity contribution in [1.82, 2.24) is 4.57 Å². The molecule has 0 unspecified atom stereocenters. The normalized spacial score (nSPS) is 12.2. The highest BCUT2D eigenvalue weighted by Gasteiger charge is 2.37. The maximum Gasteiger partial charge on any atom is 0.417 e. The first-order chi connectivity index (χ1) is 29.1. The predicted molar refractivity (Wildman–Crippen MR) is 231 cm³/mol. The zero-order valence-corrected chi connectivity index (χ0v) is 31.6. The molecule has 292 valence electrons. The van der Waals surface area contributed by atoms with E-state index in [4.69, 9.17) is 0 Å². The third kappa shape index (κ3) is 6.06. The van der Waals surface area contributed by atoms with Gasteiger partial charge in [0.05, 0.1) is 27.8 Å². The van der Waals surface area contributed by atoms with Gasteiger partial charge in [-0.25, -0.2) is 0 Å². The van der Waals surface area contributed by atoms with E-state index in [1.165, 1.54) is 24.3 Å². The lowest BCUT2D eigenvalue weighted by molar-refractivity contribution is -0.137. The molecular formula is C52H32F6N2. The Bertz CT molecular complexity index is 3180. The van der Waals surface area contributed by atoms with Gasteiger partial charge in [-0.2, -0.15) is 26.3 Å². The Labute approximate surface area is 340 Å². The predicted octanol–water partition coefficient (Wildman–Crippen LogP) is 15.9. The molecule has 0 atom stereocenters. The summed E-state index contributed by atoms with van der Waals surface area (Å²) in [6.45, 7) is 0. The number of hydrogen-bond acceptors (Lipinski definition) is 1. The van der Waals surface area contributed by atoms with Crippen molar-refractivity contribution in [3.05, 3.63) is 205 Å². The van der Waals surface area contributed by atoms with Crippen LogP contribution in [0, 0.1) is 0 Å². The van der Waals surface area contributed by atoms with Crippen LogP contribution in [0.15, 0.2) is 194 Å². The van der Waals surface area contributed by atoms with Crippen LogP contribution in [0.3, 0.4) is 0 Å². The number of hydrogen-bond donors (Lipinski definition) is 0. The maximum absolute atomic E-state index is 15.1. The number of aromatic nitrogens is 1. The van der Waals surface area contributed by atoms with E-state index < -0.39 is 23.5 Å². The molecule has 0 aliphatic heterocycles. The summed E-state index contributed by atoms with van der Waals surface area (Å²) in [6.07, 6.45) is -9.44. The molecule has 8 heteroatoms. The van der Waals surface area contributed by atoms with Gasteiger partial charge in [0.15, 0.2) is 0 Å². The Morgan fingerprint density at radius 1 is 0.350 bits per heavy atom. The minimum atomic E-state index is -4.73.